The summed E-state index contributed by atoms with van der Waals surface area (Å²) in [6.45, 7) is 1.12. The molecule has 2 rings (SSSR count). The summed E-state index contributed by atoms with van der Waals surface area (Å²) in [5.74, 6) is 1.67. The number of hydrogen-bond acceptors (Lipinski definition) is 3. The van der Waals surface area contributed by atoms with Gasteiger partial charge in [-0.1, -0.05) is 25.0 Å². The van der Waals surface area contributed by atoms with E-state index in [2.05, 4.69) is 17.5 Å². The molecule has 104 valence electrons. The molecule has 1 unspecified atom stereocenters. The van der Waals surface area contributed by atoms with E-state index in [0.29, 0.717) is 6.04 Å². The molecule has 1 aliphatic heterocycles. The van der Waals surface area contributed by atoms with E-state index in [0.717, 1.165) is 23.6 Å². The number of methoxy groups -OCH3 is 2. The molecule has 0 aliphatic carbocycles. The van der Waals surface area contributed by atoms with Crippen molar-refractivity contribution in [1.29, 1.82) is 0 Å². The highest BCUT2D eigenvalue weighted by Crippen LogP contribution is 2.26. The van der Waals surface area contributed by atoms with Crippen LogP contribution in [0, 0.1) is 0 Å². The third kappa shape index (κ3) is 4.00. The van der Waals surface area contributed by atoms with E-state index >= 15 is 0 Å². The summed E-state index contributed by atoms with van der Waals surface area (Å²) in [6.07, 6.45) is 9.53. The Morgan fingerprint density at radius 2 is 2.05 bits per heavy atom. The van der Waals surface area contributed by atoms with Crippen molar-refractivity contribution in [2.45, 2.75) is 31.7 Å². The molecule has 0 saturated carbocycles. The molecule has 1 aromatic carbocycles. The zero-order valence-electron chi connectivity index (χ0n) is 11.8. The standard InChI is InChI=1S/C16H23NO2/c1-18-15-10-8-13(16(12-15)19-2)7-9-14-6-4-3-5-11-17-14/h7-10,12,14,17H,3-6,11H2,1-2H3/b9-7+. The lowest BCUT2D eigenvalue weighted by Gasteiger charge is -2.11. The topological polar surface area (TPSA) is 30.5 Å². The molecule has 0 amide bonds. The quantitative estimate of drug-likeness (QED) is 0.902. The highest BCUT2D eigenvalue weighted by molar-refractivity contribution is 5.59. The monoisotopic (exact) mass is 261 g/mol. The third-order valence-electron chi connectivity index (χ3n) is 3.55. The SMILES string of the molecule is COc1ccc(/C=C/C2CCCCCN2)c(OC)c1. The molecule has 1 aromatic rings. The van der Waals surface area contributed by atoms with Gasteiger partial charge >= 0.3 is 0 Å². The first-order chi connectivity index (χ1) is 9.33. The average Bonchev–Trinajstić information content (AvgIpc) is 2.73. The summed E-state index contributed by atoms with van der Waals surface area (Å²) < 4.78 is 10.6. The molecule has 1 fully saturated rings. The molecule has 0 spiro atoms. The molecule has 1 heterocycles. The zero-order valence-corrected chi connectivity index (χ0v) is 11.8. The molecular formula is C16H23NO2. The van der Waals surface area contributed by atoms with Gasteiger partial charge in [0.05, 0.1) is 14.2 Å². The van der Waals surface area contributed by atoms with Gasteiger partial charge in [0.2, 0.25) is 0 Å². The fourth-order valence-electron chi connectivity index (χ4n) is 2.40. The van der Waals surface area contributed by atoms with Crippen molar-refractivity contribution < 1.29 is 9.47 Å². The lowest BCUT2D eigenvalue weighted by Crippen LogP contribution is -2.25. The van der Waals surface area contributed by atoms with Crippen LogP contribution in [0.4, 0.5) is 0 Å². The molecule has 1 saturated heterocycles. The van der Waals surface area contributed by atoms with Crippen LogP contribution in [0.3, 0.4) is 0 Å². The van der Waals surface area contributed by atoms with Crippen molar-refractivity contribution in [2.75, 3.05) is 20.8 Å². The fraction of sp³-hybridized carbons (Fsp3) is 0.500. The molecule has 0 bridgehead atoms. The van der Waals surface area contributed by atoms with Gasteiger partial charge in [0.25, 0.3) is 0 Å². The minimum absolute atomic E-state index is 0.481. The van der Waals surface area contributed by atoms with E-state index in [9.17, 15) is 0 Å². The first-order valence-corrected chi connectivity index (χ1v) is 6.97. The first-order valence-electron chi connectivity index (χ1n) is 6.97. The second-order valence-corrected chi connectivity index (χ2v) is 4.88. The van der Waals surface area contributed by atoms with Gasteiger partial charge in [-0.15, -0.1) is 0 Å². The highest BCUT2D eigenvalue weighted by Gasteiger charge is 2.08. The van der Waals surface area contributed by atoms with Crippen molar-refractivity contribution in [2.24, 2.45) is 0 Å². The maximum Gasteiger partial charge on any atom is 0.129 e. The van der Waals surface area contributed by atoms with E-state index in [4.69, 9.17) is 9.47 Å². The molecule has 1 atom stereocenters. The molecule has 0 radical (unpaired) electrons. The van der Waals surface area contributed by atoms with Crippen LogP contribution < -0.4 is 14.8 Å². The smallest absolute Gasteiger partial charge is 0.129 e. The van der Waals surface area contributed by atoms with E-state index < -0.39 is 0 Å². The summed E-state index contributed by atoms with van der Waals surface area (Å²) in [6, 6.07) is 6.39. The summed E-state index contributed by atoms with van der Waals surface area (Å²) in [5, 5.41) is 3.56. The number of hydrogen-bond donors (Lipinski definition) is 1. The second kappa shape index (κ2) is 7.19. The number of benzene rings is 1. The Bertz CT molecular complexity index is 421. The Morgan fingerprint density at radius 1 is 1.16 bits per heavy atom. The molecule has 3 nitrogen and oxygen atoms in total. The van der Waals surface area contributed by atoms with Crippen LogP contribution in [0.15, 0.2) is 24.3 Å². The second-order valence-electron chi connectivity index (χ2n) is 4.88. The van der Waals surface area contributed by atoms with Gasteiger partial charge < -0.3 is 14.8 Å². The number of ether oxygens (including phenoxy) is 2. The van der Waals surface area contributed by atoms with E-state index in [1.165, 1.54) is 25.7 Å². The van der Waals surface area contributed by atoms with Crippen LogP contribution >= 0.6 is 0 Å². The van der Waals surface area contributed by atoms with Gasteiger partial charge in [-0.3, -0.25) is 0 Å². The summed E-state index contributed by atoms with van der Waals surface area (Å²) in [5.41, 5.74) is 1.09. The van der Waals surface area contributed by atoms with Crippen LogP contribution in [-0.4, -0.2) is 26.8 Å². The molecular weight excluding hydrogens is 238 g/mol. The average molecular weight is 261 g/mol. The van der Waals surface area contributed by atoms with Crippen molar-refractivity contribution >= 4 is 6.08 Å². The molecule has 3 heteroatoms. The Morgan fingerprint density at radius 3 is 2.84 bits per heavy atom. The Labute approximate surface area is 115 Å². The maximum atomic E-state index is 5.40. The van der Waals surface area contributed by atoms with Gasteiger partial charge in [0, 0.05) is 17.7 Å². The Balaban J connectivity index is 2.08. The Kier molecular flexibility index (Phi) is 5.28. The summed E-state index contributed by atoms with van der Waals surface area (Å²) in [4.78, 5) is 0. The zero-order chi connectivity index (χ0) is 13.5. The van der Waals surface area contributed by atoms with E-state index in [1.807, 2.05) is 18.2 Å². The van der Waals surface area contributed by atoms with Gasteiger partial charge in [0.15, 0.2) is 0 Å². The largest absolute Gasteiger partial charge is 0.497 e. The number of nitrogens with one attached hydrogen (secondary N) is 1. The van der Waals surface area contributed by atoms with Crippen molar-refractivity contribution in [3.05, 3.63) is 29.8 Å². The third-order valence-corrected chi connectivity index (χ3v) is 3.55. The van der Waals surface area contributed by atoms with Crippen LogP contribution in [0.25, 0.3) is 6.08 Å². The van der Waals surface area contributed by atoms with Crippen LogP contribution in [0.2, 0.25) is 0 Å². The summed E-state index contributed by atoms with van der Waals surface area (Å²) in [7, 11) is 3.36. The van der Waals surface area contributed by atoms with Crippen LogP contribution in [-0.2, 0) is 0 Å². The molecule has 0 aromatic heterocycles. The summed E-state index contributed by atoms with van der Waals surface area (Å²) >= 11 is 0. The van der Waals surface area contributed by atoms with Crippen LogP contribution in [0.5, 0.6) is 11.5 Å². The van der Waals surface area contributed by atoms with Gasteiger partial charge in [0.1, 0.15) is 11.5 Å². The normalized spacial score (nSPS) is 20.2. The predicted octanol–water partition coefficient (Wildman–Crippen LogP) is 3.25. The molecule has 19 heavy (non-hydrogen) atoms. The molecule has 1 N–H and O–H groups in total. The lowest BCUT2D eigenvalue weighted by atomic mass is 10.1. The fourth-order valence-corrected chi connectivity index (χ4v) is 2.40. The van der Waals surface area contributed by atoms with Gasteiger partial charge in [-0.05, 0) is 31.5 Å². The van der Waals surface area contributed by atoms with Gasteiger partial charge in [-0.2, -0.15) is 0 Å². The Hall–Kier alpha value is -1.48. The lowest BCUT2D eigenvalue weighted by molar-refractivity contribution is 0.393. The number of rotatable bonds is 4. The minimum Gasteiger partial charge on any atom is -0.497 e. The van der Waals surface area contributed by atoms with Gasteiger partial charge in [-0.25, -0.2) is 0 Å². The molecule has 1 aliphatic rings. The van der Waals surface area contributed by atoms with Crippen molar-refractivity contribution in [1.82, 2.24) is 5.32 Å². The van der Waals surface area contributed by atoms with E-state index in [-0.39, 0.29) is 0 Å². The van der Waals surface area contributed by atoms with E-state index in [1.54, 1.807) is 14.2 Å². The minimum atomic E-state index is 0.481. The highest BCUT2D eigenvalue weighted by atomic mass is 16.5. The first kappa shape index (κ1) is 13.9. The van der Waals surface area contributed by atoms with Crippen LogP contribution in [0.1, 0.15) is 31.2 Å². The van der Waals surface area contributed by atoms with Crippen molar-refractivity contribution in [3.8, 4) is 11.5 Å². The maximum absolute atomic E-state index is 5.40. The predicted molar refractivity (Wildman–Crippen MR) is 78.8 cm³/mol. The van der Waals surface area contributed by atoms with Crippen molar-refractivity contribution in [3.63, 3.8) is 0 Å².